The van der Waals surface area contributed by atoms with E-state index in [9.17, 15) is 21.6 Å². The van der Waals surface area contributed by atoms with E-state index in [1.807, 2.05) is 0 Å². The zero-order chi connectivity index (χ0) is 19.2. The summed E-state index contributed by atoms with van der Waals surface area (Å²) in [5.74, 6) is -0.287. The molecule has 1 unspecified atom stereocenters. The smallest absolute Gasteiger partial charge is 0.355 e. The Balaban J connectivity index is 1.63. The monoisotopic (exact) mass is 399 g/mol. The predicted molar refractivity (Wildman–Crippen MR) is 86.2 cm³/mol. The molecule has 0 amide bonds. The molecule has 11 heteroatoms. The van der Waals surface area contributed by atoms with Crippen molar-refractivity contribution >= 4 is 9.84 Å². The topological polar surface area (TPSA) is 99.1 Å². The average molecular weight is 399 g/mol. The van der Waals surface area contributed by atoms with E-state index in [0.29, 0.717) is 6.42 Å². The van der Waals surface area contributed by atoms with Crippen LogP contribution in [0.2, 0.25) is 0 Å². The third-order valence-corrected chi connectivity index (χ3v) is 6.03. The summed E-state index contributed by atoms with van der Waals surface area (Å²) in [4.78, 5) is 4.12. The largest absolute Gasteiger partial charge is 0.417 e. The number of rotatable bonds is 3. The van der Waals surface area contributed by atoms with E-state index in [1.54, 1.807) is 0 Å². The maximum atomic E-state index is 13.2. The summed E-state index contributed by atoms with van der Waals surface area (Å²) < 4.78 is 72.7. The molecule has 1 saturated heterocycles. The summed E-state index contributed by atoms with van der Waals surface area (Å²) in [6, 6.07) is 6.23. The molecule has 0 N–H and O–H groups in total. The van der Waals surface area contributed by atoms with Crippen molar-refractivity contribution in [3.8, 4) is 22.9 Å². The minimum absolute atomic E-state index is 0.0474. The van der Waals surface area contributed by atoms with E-state index >= 15 is 0 Å². The van der Waals surface area contributed by atoms with Crippen LogP contribution in [0.25, 0.3) is 22.9 Å². The second-order valence-electron chi connectivity index (χ2n) is 6.18. The second-order valence-corrected chi connectivity index (χ2v) is 8.41. The molecule has 4 rings (SSSR count). The van der Waals surface area contributed by atoms with Crippen LogP contribution >= 0.6 is 0 Å². The SMILES string of the molecule is O=S1(=O)CCC(c2noc(-c3cc(-c4ccccc4C(F)(F)F)on3)n2)C1. The first-order valence-electron chi connectivity index (χ1n) is 7.91. The van der Waals surface area contributed by atoms with Gasteiger partial charge in [-0.2, -0.15) is 18.2 Å². The fourth-order valence-electron chi connectivity index (χ4n) is 2.95. The molecule has 1 aliphatic rings. The fourth-order valence-corrected chi connectivity index (χ4v) is 4.69. The van der Waals surface area contributed by atoms with Crippen LogP contribution < -0.4 is 0 Å². The Bertz CT molecular complexity index is 1090. The van der Waals surface area contributed by atoms with Gasteiger partial charge < -0.3 is 9.05 Å². The van der Waals surface area contributed by atoms with E-state index < -0.39 is 21.6 Å². The Kier molecular flexibility index (Phi) is 4.06. The van der Waals surface area contributed by atoms with E-state index in [-0.39, 0.29) is 46.2 Å². The Morgan fingerprint density at radius 1 is 1.11 bits per heavy atom. The highest BCUT2D eigenvalue weighted by Gasteiger charge is 2.35. The summed E-state index contributed by atoms with van der Waals surface area (Å²) in [7, 11) is -3.11. The predicted octanol–water partition coefficient (Wildman–Crippen LogP) is 3.31. The Morgan fingerprint density at radius 2 is 1.89 bits per heavy atom. The van der Waals surface area contributed by atoms with Gasteiger partial charge in [0.15, 0.2) is 27.1 Å². The zero-order valence-corrected chi connectivity index (χ0v) is 14.4. The molecule has 142 valence electrons. The highest BCUT2D eigenvalue weighted by molar-refractivity contribution is 7.91. The lowest BCUT2D eigenvalue weighted by Crippen LogP contribution is -2.06. The summed E-state index contributed by atoms with van der Waals surface area (Å²) in [5, 5.41) is 7.46. The van der Waals surface area contributed by atoms with Gasteiger partial charge in [-0.1, -0.05) is 28.5 Å². The number of benzene rings is 1. The van der Waals surface area contributed by atoms with Crippen LogP contribution in [0.1, 0.15) is 23.7 Å². The van der Waals surface area contributed by atoms with Crippen LogP contribution in [0.5, 0.6) is 0 Å². The van der Waals surface area contributed by atoms with Crippen molar-refractivity contribution in [3.05, 3.63) is 41.7 Å². The lowest BCUT2D eigenvalue weighted by Gasteiger charge is -2.09. The van der Waals surface area contributed by atoms with Crippen molar-refractivity contribution in [3.63, 3.8) is 0 Å². The van der Waals surface area contributed by atoms with Gasteiger partial charge in [0, 0.05) is 17.5 Å². The van der Waals surface area contributed by atoms with Gasteiger partial charge in [0.25, 0.3) is 5.89 Å². The lowest BCUT2D eigenvalue weighted by atomic mass is 10.0. The van der Waals surface area contributed by atoms with E-state index in [0.717, 1.165) is 6.07 Å². The molecule has 1 aromatic carbocycles. The minimum Gasteiger partial charge on any atom is -0.355 e. The average Bonchev–Trinajstić information content (AvgIpc) is 3.32. The van der Waals surface area contributed by atoms with Crippen LogP contribution in [-0.4, -0.2) is 35.2 Å². The number of hydrogen-bond acceptors (Lipinski definition) is 7. The second kappa shape index (κ2) is 6.19. The number of alkyl halides is 3. The van der Waals surface area contributed by atoms with Crippen molar-refractivity contribution in [2.75, 3.05) is 11.5 Å². The van der Waals surface area contributed by atoms with Gasteiger partial charge in [0.05, 0.1) is 17.1 Å². The zero-order valence-electron chi connectivity index (χ0n) is 13.6. The van der Waals surface area contributed by atoms with Gasteiger partial charge in [-0.3, -0.25) is 0 Å². The number of aromatic nitrogens is 3. The number of nitrogens with zero attached hydrogens (tertiary/aromatic N) is 3. The van der Waals surface area contributed by atoms with E-state index in [1.165, 1.54) is 24.3 Å². The summed E-state index contributed by atoms with van der Waals surface area (Å²) in [6.07, 6.45) is -4.15. The maximum Gasteiger partial charge on any atom is 0.417 e. The summed E-state index contributed by atoms with van der Waals surface area (Å²) in [5.41, 5.74) is -0.943. The first-order valence-corrected chi connectivity index (χ1v) is 9.73. The third kappa shape index (κ3) is 3.46. The normalized spacial score (nSPS) is 19.4. The van der Waals surface area contributed by atoms with Crippen molar-refractivity contribution < 1.29 is 30.6 Å². The van der Waals surface area contributed by atoms with Gasteiger partial charge in [-0.15, -0.1) is 0 Å². The minimum atomic E-state index is -4.55. The van der Waals surface area contributed by atoms with Crippen LogP contribution in [-0.2, 0) is 16.0 Å². The van der Waals surface area contributed by atoms with Crippen LogP contribution in [0, 0.1) is 0 Å². The molecule has 0 spiro atoms. The van der Waals surface area contributed by atoms with Gasteiger partial charge in [0.1, 0.15) is 0 Å². The van der Waals surface area contributed by atoms with Crippen LogP contribution in [0.15, 0.2) is 39.4 Å². The third-order valence-electron chi connectivity index (χ3n) is 4.27. The molecule has 27 heavy (non-hydrogen) atoms. The standard InChI is InChI=1S/C16H12F3N3O4S/c17-16(18,19)11-4-2-1-3-10(11)13-7-12(21-25-13)15-20-14(22-26-15)9-5-6-27(23,24)8-9/h1-4,7,9H,5-6,8H2. The van der Waals surface area contributed by atoms with Gasteiger partial charge in [-0.25, -0.2) is 8.42 Å². The first-order chi connectivity index (χ1) is 12.7. The van der Waals surface area contributed by atoms with Crippen molar-refractivity contribution in [2.45, 2.75) is 18.5 Å². The van der Waals surface area contributed by atoms with Gasteiger partial charge >= 0.3 is 6.18 Å². The molecule has 1 fully saturated rings. The van der Waals surface area contributed by atoms with Crippen molar-refractivity contribution in [1.29, 1.82) is 0 Å². The highest BCUT2D eigenvalue weighted by atomic mass is 32.2. The quantitative estimate of drug-likeness (QED) is 0.666. The molecule has 0 aliphatic carbocycles. The molecular formula is C16H12F3N3O4S. The van der Waals surface area contributed by atoms with E-state index in [4.69, 9.17) is 9.05 Å². The molecule has 0 bridgehead atoms. The lowest BCUT2D eigenvalue weighted by molar-refractivity contribution is -0.137. The van der Waals surface area contributed by atoms with Crippen LogP contribution in [0.3, 0.4) is 0 Å². The number of hydrogen-bond donors (Lipinski definition) is 0. The Morgan fingerprint density at radius 3 is 2.59 bits per heavy atom. The molecular weight excluding hydrogens is 387 g/mol. The van der Waals surface area contributed by atoms with Crippen LogP contribution in [0.4, 0.5) is 13.2 Å². The van der Waals surface area contributed by atoms with Crippen molar-refractivity contribution in [1.82, 2.24) is 15.3 Å². The molecule has 2 aromatic heterocycles. The molecule has 0 radical (unpaired) electrons. The Labute approximate surface area is 151 Å². The first kappa shape index (κ1) is 17.7. The fraction of sp³-hybridized carbons (Fsp3) is 0.312. The Hall–Kier alpha value is -2.69. The number of sulfone groups is 1. The molecule has 1 atom stereocenters. The molecule has 0 saturated carbocycles. The molecule has 3 aromatic rings. The summed E-state index contributed by atoms with van der Waals surface area (Å²) >= 11 is 0. The van der Waals surface area contributed by atoms with Crippen molar-refractivity contribution in [2.24, 2.45) is 0 Å². The number of halogens is 3. The molecule has 1 aliphatic heterocycles. The van der Waals surface area contributed by atoms with E-state index in [2.05, 4.69) is 15.3 Å². The summed E-state index contributed by atoms with van der Waals surface area (Å²) in [6.45, 7) is 0. The van der Waals surface area contributed by atoms with Gasteiger partial charge in [0.2, 0.25) is 0 Å². The highest BCUT2D eigenvalue weighted by Crippen LogP contribution is 2.38. The molecule has 3 heterocycles. The maximum absolute atomic E-state index is 13.2. The molecule has 7 nitrogen and oxygen atoms in total. The van der Waals surface area contributed by atoms with Gasteiger partial charge in [-0.05, 0) is 12.5 Å².